The van der Waals surface area contributed by atoms with E-state index in [1.54, 1.807) is 6.20 Å². The van der Waals surface area contributed by atoms with Crippen molar-refractivity contribution in [2.45, 2.75) is 26.3 Å². The molecule has 0 spiro atoms. The first kappa shape index (κ1) is 20.8. The Kier molecular flexibility index (Phi) is 6.01. The van der Waals surface area contributed by atoms with Gasteiger partial charge in [0.15, 0.2) is 5.82 Å². The first-order valence-corrected chi connectivity index (χ1v) is 11.5. The highest BCUT2D eigenvalue weighted by Gasteiger charge is 2.19. The summed E-state index contributed by atoms with van der Waals surface area (Å²) < 4.78 is 1.99. The van der Waals surface area contributed by atoms with Gasteiger partial charge in [-0.15, -0.1) is 0 Å². The Labute approximate surface area is 192 Å². The lowest BCUT2D eigenvalue weighted by molar-refractivity contribution is 0.282. The molecule has 0 N–H and O–H groups in total. The minimum Gasteiger partial charge on any atom is -0.355 e. The van der Waals surface area contributed by atoms with Gasteiger partial charge >= 0.3 is 0 Å². The maximum Gasteiger partial charge on any atom is 0.180 e. The maximum absolute atomic E-state index is 6.11. The molecule has 0 aromatic carbocycles. The fraction of sp³-hybridized carbons (Fsp3) is 0.333. The first-order chi connectivity index (χ1) is 15.7. The number of imidazole rings is 1. The molecule has 7 nitrogen and oxygen atoms in total. The molecule has 1 saturated heterocycles. The SMILES string of the molecule is CCc1cc(N2CCCN(Cc3cn4cc(Cl)ccc4n3)CC2)nc(-c2ccccn2)n1. The van der Waals surface area contributed by atoms with Crippen LogP contribution in [0.4, 0.5) is 5.82 Å². The third kappa shape index (κ3) is 4.59. The molecule has 1 aliphatic rings. The minimum absolute atomic E-state index is 0.699. The zero-order valence-electron chi connectivity index (χ0n) is 18.2. The molecule has 4 aromatic heterocycles. The van der Waals surface area contributed by atoms with E-state index < -0.39 is 0 Å². The normalized spacial score (nSPS) is 15.2. The number of fused-ring (bicyclic) bond motifs is 1. The highest BCUT2D eigenvalue weighted by atomic mass is 35.5. The van der Waals surface area contributed by atoms with Gasteiger partial charge in [0.05, 0.1) is 10.7 Å². The van der Waals surface area contributed by atoms with Gasteiger partial charge in [0.25, 0.3) is 0 Å². The van der Waals surface area contributed by atoms with Crippen LogP contribution in [-0.2, 0) is 13.0 Å². The van der Waals surface area contributed by atoms with E-state index in [-0.39, 0.29) is 0 Å². The Bertz CT molecular complexity index is 1210. The van der Waals surface area contributed by atoms with Gasteiger partial charge in [0.2, 0.25) is 0 Å². The highest BCUT2D eigenvalue weighted by Crippen LogP contribution is 2.21. The number of aryl methyl sites for hydroxylation is 1. The van der Waals surface area contributed by atoms with Gasteiger partial charge < -0.3 is 9.30 Å². The smallest absolute Gasteiger partial charge is 0.180 e. The van der Waals surface area contributed by atoms with Crippen LogP contribution in [0.1, 0.15) is 24.7 Å². The number of hydrogen-bond donors (Lipinski definition) is 0. The van der Waals surface area contributed by atoms with Crippen LogP contribution in [0.5, 0.6) is 0 Å². The average molecular weight is 448 g/mol. The van der Waals surface area contributed by atoms with Crippen molar-refractivity contribution in [2.24, 2.45) is 0 Å². The second-order valence-corrected chi connectivity index (χ2v) is 8.51. The van der Waals surface area contributed by atoms with Crippen LogP contribution in [0, 0.1) is 0 Å². The van der Waals surface area contributed by atoms with E-state index in [4.69, 9.17) is 26.6 Å². The Hall–Kier alpha value is -3.03. The quantitative estimate of drug-likeness (QED) is 0.458. The largest absolute Gasteiger partial charge is 0.355 e. The lowest BCUT2D eigenvalue weighted by Crippen LogP contribution is -2.31. The Morgan fingerprint density at radius 2 is 1.88 bits per heavy atom. The van der Waals surface area contributed by atoms with Gasteiger partial charge in [-0.3, -0.25) is 9.88 Å². The average Bonchev–Trinajstić information content (AvgIpc) is 3.06. The van der Waals surface area contributed by atoms with E-state index in [0.717, 1.165) is 74.1 Å². The molecule has 0 atom stereocenters. The number of pyridine rings is 2. The van der Waals surface area contributed by atoms with Gasteiger partial charge in [-0.25, -0.2) is 15.0 Å². The van der Waals surface area contributed by atoms with Crippen LogP contribution in [0.15, 0.2) is 55.0 Å². The van der Waals surface area contributed by atoms with Gasteiger partial charge in [0, 0.05) is 63.1 Å². The molecule has 4 aromatic rings. The van der Waals surface area contributed by atoms with Gasteiger partial charge in [-0.1, -0.05) is 24.6 Å². The molecule has 0 amide bonds. The molecule has 0 unspecified atom stereocenters. The number of anilines is 1. The molecule has 0 bridgehead atoms. The van der Waals surface area contributed by atoms with Crippen LogP contribution in [0.3, 0.4) is 0 Å². The second kappa shape index (κ2) is 9.22. The van der Waals surface area contributed by atoms with Crippen molar-refractivity contribution in [3.8, 4) is 11.5 Å². The van der Waals surface area contributed by atoms with Crippen molar-refractivity contribution in [1.82, 2.24) is 29.2 Å². The van der Waals surface area contributed by atoms with E-state index in [2.05, 4.69) is 34.0 Å². The van der Waals surface area contributed by atoms with Gasteiger partial charge in [-0.05, 0) is 37.1 Å². The summed E-state index contributed by atoms with van der Waals surface area (Å²) in [6.07, 6.45) is 7.70. The first-order valence-electron chi connectivity index (χ1n) is 11.1. The summed E-state index contributed by atoms with van der Waals surface area (Å²) in [5, 5.41) is 0.716. The maximum atomic E-state index is 6.11. The lowest BCUT2D eigenvalue weighted by atomic mass is 10.2. The van der Waals surface area contributed by atoms with Crippen molar-refractivity contribution in [3.63, 3.8) is 0 Å². The van der Waals surface area contributed by atoms with Crippen LogP contribution in [0.2, 0.25) is 5.02 Å². The zero-order valence-corrected chi connectivity index (χ0v) is 18.9. The highest BCUT2D eigenvalue weighted by molar-refractivity contribution is 6.30. The summed E-state index contributed by atoms with van der Waals surface area (Å²) in [4.78, 5) is 23.6. The third-order valence-electron chi connectivity index (χ3n) is 5.78. The van der Waals surface area contributed by atoms with Gasteiger partial charge in [0.1, 0.15) is 17.2 Å². The van der Waals surface area contributed by atoms with E-state index in [9.17, 15) is 0 Å². The standard InChI is InChI=1S/C24H26ClN7/c1-2-19-14-23(29-24(28-19)21-6-3-4-9-26-21)31-11-5-10-30(12-13-31)16-20-17-32-15-18(25)7-8-22(32)27-20/h3-4,6-9,14-15,17H,2,5,10-13,16H2,1H3. The molecule has 0 saturated carbocycles. The number of halogens is 1. The fourth-order valence-electron chi connectivity index (χ4n) is 4.12. The summed E-state index contributed by atoms with van der Waals surface area (Å²) in [7, 11) is 0. The number of hydrogen-bond acceptors (Lipinski definition) is 6. The summed E-state index contributed by atoms with van der Waals surface area (Å²) in [5.41, 5.74) is 3.84. The molecule has 1 aliphatic heterocycles. The molecule has 0 aliphatic carbocycles. The number of rotatable bonds is 5. The zero-order chi connectivity index (χ0) is 21.9. The molecule has 164 valence electrons. The fourth-order valence-corrected chi connectivity index (χ4v) is 4.28. The predicted octanol–water partition coefficient (Wildman–Crippen LogP) is 4.11. The van der Waals surface area contributed by atoms with E-state index in [1.165, 1.54) is 0 Å². The Morgan fingerprint density at radius 3 is 2.72 bits per heavy atom. The van der Waals surface area contributed by atoms with E-state index >= 15 is 0 Å². The van der Waals surface area contributed by atoms with Crippen molar-refractivity contribution < 1.29 is 0 Å². The summed E-state index contributed by atoms with van der Waals surface area (Å²) >= 11 is 6.11. The van der Waals surface area contributed by atoms with Gasteiger partial charge in [-0.2, -0.15) is 0 Å². The molecule has 32 heavy (non-hydrogen) atoms. The van der Waals surface area contributed by atoms with E-state index in [1.807, 2.05) is 40.9 Å². The van der Waals surface area contributed by atoms with Crippen LogP contribution < -0.4 is 4.90 Å². The predicted molar refractivity (Wildman–Crippen MR) is 127 cm³/mol. The monoisotopic (exact) mass is 447 g/mol. The molecule has 5 rings (SSSR count). The van der Waals surface area contributed by atoms with Crippen molar-refractivity contribution in [2.75, 3.05) is 31.1 Å². The number of aromatic nitrogens is 5. The van der Waals surface area contributed by atoms with E-state index in [0.29, 0.717) is 10.8 Å². The minimum atomic E-state index is 0.699. The summed E-state index contributed by atoms with van der Waals surface area (Å²) in [5.74, 6) is 1.69. The molecule has 5 heterocycles. The van der Waals surface area contributed by atoms with Crippen LogP contribution in [0.25, 0.3) is 17.2 Å². The molecular formula is C24H26ClN7. The Balaban J connectivity index is 1.31. The third-order valence-corrected chi connectivity index (χ3v) is 6.01. The second-order valence-electron chi connectivity index (χ2n) is 8.07. The molecule has 0 radical (unpaired) electrons. The molecular weight excluding hydrogens is 422 g/mol. The molecule has 1 fully saturated rings. The lowest BCUT2D eigenvalue weighted by Gasteiger charge is -2.23. The number of nitrogens with zero attached hydrogens (tertiary/aromatic N) is 7. The topological polar surface area (TPSA) is 62.5 Å². The van der Waals surface area contributed by atoms with Crippen molar-refractivity contribution in [1.29, 1.82) is 0 Å². The van der Waals surface area contributed by atoms with Crippen molar-refractivity contribution >= 4 is 23.1 Å². The van der Waals surface area contributed by atoms with Crippen molar-refractivity contribution in [3.05, 3.63) is 71.4 Å². The Morgan fingerprint density at radius 1 is 0.938 bits per heavy atom. The summed E-state index contributed by atoms with van der Waals surface area (Å²) in [6.45, 7) is 6.83. The van der Waals surface area contributed by atoms with Crippen LogP contribution in [-0.4, -0.2) is 55.4 Å². The summed E-state index contributed by atoms with van der Waals surface area (Å²) in [6, 6.07) is 11.8. The molecule has 8 heteroatoms. The van der Waals surface area contributed by atoms with Crippen LogP contribution >= 0.6 is 11.6 Å².